The number of rotatable bonds is 7. The fraction of sp³-hybridized carbons (Fsp3) is 0.474. The molecule has 0 bridgehead atoms. The molecule has 1 aromatic rings. The van der Waals surface area contributed by atoms with Gasteiger partial charge in [-0.05, 0) is 24.5 Å². The maximum Gasteiger partial charge on any atom is 0.342 e. The quantitative estimate of drug-likeness (QED) is 0.301. The van der Waals surface area contributed by atoms with Crippen LogP contribution in [0.4, 0.5) is 0 Å². The van der Waals surface area contributed by atoms with Crippen LogP contribution in [0, 0.1) is 0 Å². The van der Waals surface area contributed by atoms with Crippen molar-refractivity contribution in [2.75, 3.05) is 0 Å². The predicted molar refractivity (Wildman–Crippen MR) is 84.9 cm³/mol. The second kappa shape index (κ2) is 8.49. The fourth-order valence-electron chi connectivity index (χ4n) is 2.53. The van der Waals surface area contributed by atoms with E-state index in [0.29, 0.717) is 12.0 Å². The van der Waals surface area contributed by atoms with Crippen LogP contribution in [-0.4, -0.2) is 5.97 Å². The predicted octanol–water partition coefficient (Wildman–Crippen LogP) is 5.12. The van der Waals surface area contributed by atoms with Gasteiger partial charge in [0.05, 0.1) is 5.57 Å². The fourth-order valence-corrected chi connectivity index (χ4v) is 2.53. The van der Waals surface area contributed by atoms with Crippen LogP contribution in [0.2, 0.25) is 0 Å². The van der Waals surface area contributed by atoms with E-state index in [4.69, 9.17) is 4.74 Å². The number of hydrogen-bond donors (Lipinski definition) is 0. The Bertz CT molecular complexity index is 510. The highest BCUT2D eigenvalue weighted by molar-refractivity contribution is 5.90. The molecule has 1 unspecified atom stereocenters. The van der Waals surface area contributed by atoms with E-state index in [0.717, 1.165) is 12.0 Å². The standard InChI is InChI=1S/C19H24O2/c1-2-3-4-5-6-7-9-14-17-15-18(21-19(17)20)16-12-10-8-11-13-16/h8-13,18H,2-7,15H2,1H3. The van der Waals surface area contributed by atoms with E-state index < -0.39 is 0 Å². The first-order valence-electron chi connectivity index (χ1n) is 8.01. The van der Waals surface area contributed by atoms with Crippen molar-refractivity contribution in [1.29, 1.82) is 0 Å². The number of benzene rings is 1. The molecule has 112 valence electrons. The summed E-state index contributed by atoms with van der Waals surface area (Å²) in [5, 5.41) is 0. The van der Waals surface area contributed by atoms with Gasteiger partial charge >= 0.3 is 5.97 Å². The highest BCUT2D eigenvalue weighted by Crippen LogP contribution is 2.32. The Morgan fingerprint density at radius 3 is 2.71 bits per heavy atom. The first-order chi connectivity index (χ1) is 10.3. The van der Waals surface area contributed by atoms with Crippen molar-refractivity contribution in [3.05, 3.63) is 53.3 Å². The van der Waals surface area contributed by atoms with Crippen molar-refractivity contribution in [1.82, 2.24) is 0 Å². The second-order valence-corrected chi connectivity index (χ2v) is 5.54. The lowest BCUT2D eigenvalue weighted by Gasteiger charge is -2.07. The highest BCUT2D eigenvalue weighted by atomic mass is 16.5. The van der Waals surface area contributed by atoms with E-state index in [1.165, 1.54) is 32.1 Å². The van der Waals surface area contributed by atoms with E-state index in [1.807, 2.05) is 36.4 Å². The normalized spacial score (nSPS) is 17.5. The summed E-state index contributed by atoms with van der Waals surface area (Å²) in [4.78, 5) is 11.8. The smallest absolute Gasteiger partial charge is 0.342 e. The molecule has 1 heterocycles. The summed E-state index contributed by atoms with van der Waals surface area (Å²) in [7, 11) is 0. The maximum atomic E-state index is 11.8. The SMILES string of the molecule is CCCCCCCC=C=C1CC(c2ccccc2)OC1=O. The van der Waals surface area contributed by atoms with Gasteiger partial charge in [-0.3, -0.25) is 0 Å². The highest BCUT2D eigenvalue weighted by Gasteiger charge is 2.29. The molecule has 1 aliphatic heterocycles. The van der Waals surface area contributed by atoms with Crippen LogP contribution in [-0.2, 0) is 9.53 Å². The number of carbonyl (C=O) groups is 1. The van der Waals surface area contributed by atoms with Crippen molar-refractivity contribution in [3.8, 4) is 0 Å². The number of ether oxygens (including phenoxy) is 1. The molecule has 0 N–H and O–H groups in total. The Morgan fingerprint density at radius 2 is 1.95 bits per heavy atom. The number of carbonyl (C=O) groups excluding carboxylic acids is 1. The van der Waals surface area contributed by atoms with Crippen LogP contribution in [0.25, 0.3) is 0 Å². The zero-order valence-electron chi connectivity index (χ0n) is 12.8. The molecule has 21 heavy (non-hydrogen) atoms. The molecule has 0 aliphatic carbocycles. The lowest BCUT2D eigenvalue weighted by molar-refractivity contribution is -0.139. The molecule has 2 heteroatoms. The van der Waals surface area contributed by atoms with E-state index in [9.17, 15) is 4.79 Å². The Labute approximate surface area is 127 Å². The molecule has 1 fully saturated rings. The molecule has 2 rings (SSSR count). The molecular formula is C19H24O2. The van der Waals surface area contributed by atoms with Crippen LogP contribution in [0.5, 0.6) is 0 Å². The molecular weight excluding hydrogens is 260 g/mol. The van der Waals surface area contributed by atoms with Crippen LogP contribution >= 0.6 is 0 Å². The minimum Gasteiger partial charge on any atom is -0.453 e. The Kier molecular flexibility index (Phi) is 6.30. The third-order valence-electron chi connectivity index (χ3n) is 3.78. The van der Waals surface area contributed by atoms with Gasteiger partial charge in [-0.15, -0.1) is 5.73 Å². The van der Waals surface area contributed by atoms with Crippen LogP contribution < -0.4 is 0 Å². The van der Waals surface area contributed by atoms with Gasteiger partial charge in [0, 0.05) is 6.42 Å². The minimum atomic E-state index is -0.217. The van der Waals surface area contributed by atoms with Gasteiger partial charge in [-0.25, -0.2) is 4.79 Å². The molecule has 1 atom stereocenters. The number of cyclic esters (lactones) is 1. The molecule has 0 radical (unpaired) electrons. The molecule has 0 saturated carbocycles. The van der Waals surface area contributed by atoms with E-state index >= 15 is 0 Å². The molecule has 1 saturated heterocycles. The van der Waals surface area contributed by atoms with E-state index in [-0.39, 0.29) is 12.1 Å². The van der Waals surface area contributed by atoms with Crippen molar-refractivity contribution in [2.24, 2.45) is 0 Å². The minimum absolute atomic E-state index is 0.140. The van der Waals surface area contributed by atoms with Gasteiger partial charge in [0.2, 0.25) is 0 Å². The van der Waals surface area contributed by atoms with Gasteiger partial charge in [0.25, 0.3) is 0 Å². The lowest BCUT2D eigenvalue weighted by Crippen LogP contribution is -1.98. The number of esters is 1. The summed E-state index contributed by atoms with van der Waals surface area (Å²) < 4.78 is 5.41. The van der Waals surface area contributed by atoms with E-state index in [2.05, 4.69) is 12.7 Å². The summed E-state index contributed by atoms with van der Waals surface area (Å²) in [6.45, 7) is 2.22. The summed E-state index contributed by atoms with van der Waals surface area (Å²) in [5.41, 5.74) is 4.87. The molecule has 0 amide bonds. The number of unbranched alkanes of at least 4 members (excludes halogenated alkanes) is 5. The zero-order chi connectivity index (χ0) is 14.9. The lowest BCUT2D eigenvalue weighted by atomic mass is 10.0. The summed E-state index contributed by atoms with van der Waals surface area (Å²) >= 11 is 0. The maximum absolute atomic E-state index is 11.8. The van der Waals surface area contributed by atoms with E-state index in [1.54, 1.807) is 0 Å². The molecule has 1 aliphatic rings. The number of hydrogen-bond acceptors (Lipinski definition) is 2. The summed E-state index contributed by atoms with van der Waals surface area (Å²) in [6, 6.07) is 9.90. The van der Waals surface area contributed by atoms with Crippen molar-refractivity contribution in [2.45, 2.75) is 58.0 Å². The first-order valence-corrected chi connectivity index (χ1v) is 8.01. The van der Waals surface area contributed by atoms with Gasteiger partial charge in [0.15, 0.2) is 0 Å². The van der Waals surface area contributed by atoms with Gasteiger partial charge < -0.3 is 4.74 Å². The third kappa shape index (κ3) is 4.91. The van der Waals surface area contributed by atoms with Crippen molar-refractivity contribution < 1.29 is 9.53 Å². The average Bonchev–Trinajstić information content (AvgIpc) is 2.88. The summed E-state index contributed by atoms with van der Waals surface area (Å²) in [5.74, 6) is -0.217. The summed E-state index contributed by atoms with van der Waals surface area (Å²) in [6.07, 6.45) is 9.82. The van der Waals surface area contributed by atoms with Crippen LogP contribution in [0.1, 0.15) is 63.5 Å². The molecule has 1 aromatic carbocycles. The Hall–Kier alpha value is -1.79. The van der Waals surface area contributed by atoms with Crippen molar-refractivity contribution in [3.63, 3.8) is 0 Å². The van der Waals surface area contributed by atoms with Crippen LogP contribution in [0.3, 0.4) is 0 Å². The van der Waals surface area contributed by atoms with Gasteiger partial charge in [0.1, 0.15) is 6.10 Å². The van der Waals surface area contributed by atoms with Gasteiger partial charge in [-0.2, -0.15) is 0 Å². The van der Waals surface area contributed by atoms with Crippen LogP contribution in [0.15, 0.2) is 47.7 Å². The molecule has 0 spiro atoms. The molecule has 2 nitrogen and oxygen atoms in total. The topological polar surface area (TPSA) is 26.3 Å². The zero-order valence-corrected chi connectivity index (χ0v) is 12.8. The van der Waals surface area contributed by atoms with Gasteiger partial charge in [-0.1, -0.05) is 62.9 Å². The first kappa shape index (κ1) is 15.6. The Morgan fingerprint density at radius 1 is 1.19 bits per heavy atom. The molecule has 0 aromatic heterocycles. The largest absolute Gasteiger partial charge is 0.453 e. The average molecular weight is 284 g/mol. The van der Waals surface area contributed by atoms with Crippen molar-refractivity contribution >= 4 is 5.97 Å². The second-order valence-electron chi connectivity index (χ2n) is 5.54. The Balaban J connectivity index is 1.83. The monoisotopic (exact) mass is 284 g/mol. The third-order valence-corrected chi connectivity index (χ3v) is 3.78.